The lowest BCUT2D eigenvalue weighted by Gasteiger charge is -2.10. The van der Waals surface area contributed by atoms with Gasteiger partial charge in [0.25, 0.3) is 5.78 Å². The van der Waals surface area contributed by atoms with Crippen LogP contribution in [0.2, 0.25) is 0 Å². The molecule has 0 N–H and O–H groups in total. The van der Waals surface area contributed by atoms with Gasteiger partial charge in [0.05, 0.1) is 18.5 Å². The van der Waals surface area contributed by atoms with Crippen molar-refractivity contribution in [2.24, 2.45) is 0 Å². The summed E-state index contributed by atoms with van der Waals surface area (Å²) in [5.74, 6) is -2.75. The summed E-state index contributed by atoms with van der Waals surface area (Å²) < 4.78 is 10.2. The largest absolute Gasteiger partial charge is 0.487 e. The third-order valence-corrected chi connectivity index (χ3v) is 3.22. The van der Waals surface area contributed by atoms with Gasteiger partial charge in [0.1, 0.15) is 24.6 Å². The number of nitrogens with zero attached hydrogens (tertiary/aromatic N) is 1. The SMILES string of the molecule is CCOC(=O)C(=O)C(C=O)c1ccc(OCc2ccccc2)cn1. The van der Waals surface area contributed by atoms with Crippen molar-refractivity contribution in [3.05, 3.63) is 59.9 Å². The number of Topliss-reactive ketones (excluding diaryl/α,β-unsaturated/α-hetero) is 1. The highest BCUT2D eigenvalue weighted by Gasteiger charge is 2.28. The molecular weight excluding hydrogens is 310 g/mol. The van der Waals surface area contributed by atoms with E-state index < -0.39 is 17.7 Å². The molecule has 6 nitrogen and oxygen atoms in total. The monoisotopic (exact) mass is 327 g/mol. The maximum atomic E-state index is 11.9. The Bertz CT molecular complexity index is 697. The number of benzene rings is 1. The van der Waals surface area contributed by atoms with Crippen LogP contribution in [0.4, 0.5) is 0 Å². The number of carbonyl (C=O) groups excluding carboxylic acids is 3. The van der Waals surface area contributed by atoms with Crippen LogP contribution in [0.15, 0.2) is 48.7 Å². The second-order valence-electron chi connectivity index (χ2n) is 4.89. The molecule has 0 bridgehead atoms. The van der Waals surface area contributed by atoms with E-state index in [0.717, 1.165) is 5.56 Å². The summed E-state index contributed by atoms with van der Waals surface area (Å²) in [5.41, 5.74) is 1.18. The number of carbonyl (C=O) groups is 3. The second kappa shape index (κ2) is 8.57. The molecule has 1 unspecified atom stereocenters. The molecule has 0 aliphatic carbocycles. The van der Waals surface area contributed by atoms with Crippen LogP contribution in [0.25, 0.3) is 0 Å². The fourth-order valence-electron chi connectivity index (χ4n) is 2.00. The summed E-state index contributed by atoms with van der Waals surface area (Å²) >= 11 is 0. The molecule has 2 aromatic rings. The number of hydrogen-bond acceptors (Lipinski definition) is 6. The first kappa shape index (κ1) is 17.3. The molecule has 1 aromatic carbocycles. The Balaban J connectivity index is 2.03. The van der Waals surface area contributed by atoms with Gasteiger partial charge in [-0.15, -0.1) is 0 Å². The van der Waals surface area contributed by atoms with Gasteiger partial charge in [-0.3, -0.25) is 9.78 Å². The summed E-state index contributed by atoms with van der Waals surface area (Å²) in [7, 11) is 0. The van der Waals surface area contributed by atoms with Gasteiger partial charge in [0.2, 0.25) is 0 Å². The normalized spacial score (nSPS) is 11.4. The maximum Gasteiger partial charge on any atom is 0.375 e. The van der Waals surface area contributed by atoms with Gasteiger partial charge in [-0.1, -0.05) is 30.3 Å². The summed E-state index contributed by atoms with van der Waals surface area (Å²) in [6.07, 6.45) is 1.79. The zero-order valence-electron chi connectivity index (χ0n) is 13.2. The lowest BCUT2D eigenvalue weighted by Crippen LogP contribution is -2.26. The van der Waals surface area contributed by atoms with Crippen molar-refractivity contribution in [1.82, 2.24) is 4.98 Å². The van der Waals surface area contributed by atoms with E-state index in [2.05, 4.69) is 9.72 Å². The van der Waals surface area contributed by atoms with Crippen LogP contribution in [0, 0.1) is 0 Å². The molecule has 1 aromatic heterocycles. The number of pyridine rings is 1. The highest BCUT2D eigenvalue weighted by molar-refractivity contribution is 6.38. The summed E-state index contributed by atoms with van der Waals surface area (Å²) in [6, 6.07) is 12.7. The van der Waals surface area contributed by atoms with E-state index in [1.807, 2.05) is 30.3 Å². The van der Waals surface area contributed by atoms with E-state index in [1.54, 1.807) is 13.0 Å². The predicted molar refractivity (Wildman–Crippen MR) is 85.5 cm³/mol. The Morgan fingerprint density at radius 2 is 1.92 bits per heavy atom. The number of esters is 1. The van der Waals surface area contributed by atoms with Crippen LogP contribution in [0.5, 0.6) is 5.75 Å². The first-order valence-electron chi connectivity index (χ1n) is 7.44. The Labute approximate surface area is 139 Å². The van der Waals surface area contributed by atoms with E-state index in [-0.39, 0.29) is 12.3 Å². The smallest absolute Gasteiger partial charge is 0.375 e. The first-order chi connectivity index (χ1) is 11.7. The molecule has 0 amide bonds. The Morgan fingerprint density at radius 3 is 2.50 bits per heavy atom. The zero-order chi connectivity index (χ0) is 17.4. The summed E-state index contributed by atoms with van der Waals surface area (Å²) in [4.78, 5) is 38.5. The van der Waals surface area contributed by atoms with Crippen molar-refractivity contribution < 1.29 is 23.9 Å². The van der Waals surface area contributed by atoms with Crippen molar-refractivity contribution in [3.63, 3.8) is 0 Å². The quantitative estimate of drug-likeness (QED) is 0.319. The van der Waals surface area contributed by atoms with Gasteiger partial charge in [-0.05, 0) is 24.6 Å². The summed E-state index contributed by atoms with van der Waals surface area (Å²) in [5, 5.41) is 0. The van der Waals surface area contributed by atoms with Gasteiger partial charge in [0, 0.05) is 0 Å². The Hall–Kier alpha value is -3.02. The van der Waals surface area contributed by atoms with Crippen molar-refractivity contribution in [2.75, 3.05) is 6.61 Å². The van der Waals surface area contributed by atoms with Gasteiger partial charge in [0.15, 0.2) is 0 Å². The predicted octanol–water partition coefficient (Wildman–Crippen LogP) is 2.08. The average Bonchev–Trinajstić information content (AvgIpc) is 2.62. The van der Waals surface area contributed by atoms with Crippen LogP contribution in [-0.4, -0.2) is 29.6 Å². The molecule has 0 spiro atoms. The molecular formula is C18H17NO5. The standard InChI is InChI=1S/C18H17NO5/c1-2-23-18(22)17(21)15(11-20)16-9-8-14(10-19-16)24-12-13-6-4-3-5-7-13/h3-11,15H,2,12H2,1H3. The third-order valence-electron chi connectivity index (χ3n) is 3.22. The number of ether oxygens (including phenoxy) is 2. The van der Waals surface area contributed by atoms with Crippen molar-refractivity contribution in [3.8, 4) is 5.75 Å². The average molecular weight is 327 g/mol. The van der Waals surface area contributed by atoms with Crippen LogP contribution >= 0.6 is 0 Å². The Kier molecular flexibility index (Phi) is 6.19. The van der Waals surface area contributed by atoms with Gasteiger partial charge >= 0.3 is 5.97 Å². The molecule has 2 rings (SSSR count). The number of rotatable bonds is 8. The highest BCUT2D eigenvalue weighted by Crippen LogP contribution is 2.17. The molecule has 1 heterocycles. The second-order valence-corrected chi connectivity index (χ2v) is 4.89. The number of aldehydes is 1. The molecule has 1 atom stereocenters. The Morgan fingerprint density at radius 1 is 1.17 bits per heavy atom. The minimum absolute atomic E-state index is 0.0653. The van der Waals surface area contributed by atoms with Crippen molar-refractivity contribution in [2.45, 2.75) is 19.4 Å². The van der Waals surface area contributed by atoms with E-state index in [4.69, 9.17) is 4.74 Å². The topological polar surface area (TPSA) is 82.6 Å². The lowest BCUT2D eigenvalue weighted by atomic mass is 10.0. The molecule has 0 aliphatic rings. The molecule has 0 radical (unpaired) electrons. The van der Waals surface area contributed by atoms with E-state index >= 15 is 0 Å². The lowest BCUT2D eigenvalue weighted by molar-refractivity contribution is -0.154. The molecule has 0 saturated heterocycles. The minimum Gasteiger partial charge on any atom is -0.487 e. The number of hydrogen-bond donors (Lipinski definition) is 0. The van der Waals surface area contributed by atoms with Crippen molar-refractivity contribution >= 4 is 18.0 Å². The third kappa shape index (κ3) is 4.49. The molecule has 0 fully saturated rings. The maximum absolute atomic E-state index is 11.9. The fourth-order valence-corrected chi connectivity index (χ4v) is 2.00. The number of aromatic nitrogens is 1. The van der Waals surface area contributed by atoms with Gasteiger partial charge in [-0.2, -0.15) is 0 Å². The van der Waals surface area contributed by atoms with E-state index in [0.29, 0.717) is 18.6 Å². The molecule has 0 aliphatic heterocycles. The zero-order valence-corrected chi connectivity index (χ0v) is 13.2. The van der Waals surface area contributed by atoms with E-state index in [9.17, 15) is 14.4 Å². The first-order valence-corrected chi connectivity index (χ1v) is 7.44. The molecule has 24 heavy (non-hydrogen) atoms. The van der Waals surface area contributed by atoms with Gasteiger partial charge in [-0.25, -0.2) is 4.79 Å². The fraction of sp³-hybridized carbons (Fsp3) is 0.222. The molecule has 6 heteroatoms. The van der Waals surface area contributed by atoms with Gasteiger partial charge < -0.3 is 14.3 Å². The van der Waals surface area contributed by atoms with Crippen molar-refractivity contribution in [1.29, 1.82) is 0 Å². The van der Waals surface area contributed by atoms with Crippen LogP contribution in [0.3, 0.4) is 0 Å². The minimum atomic E-state index is -1.27. The summed E-state index contributed by atoms with van der Waals surface area (Å²) in [6.45, 7) is 2.02. The van der Waals surface area contributed by atoms with Crippen LogP contribution < -0.4 is 4.74 Å². The number of ketones is 1. The molecule has 0 saturated carbocycles. The van der Waals surface area contributed by atoms with Crippen LogP contribution in [0.1, 0.15) is 24.1 Å². The van der Waals surface area contributed by atoms with E-state index in [1.165, 1.54) is 12.3 Å². The molecule has 124 valence electrons. The van der Waals surface area contributed by atoms with Crippen LogP contribution in [-0.2, 0) is 25.7 Å². The highest BCUT2D eigenvalue weighted by atomic mass is 16.5.